The van der Waals surface area contributed by atoms with E-state index in [1.165, 1.54) is 308 Å². The van der Waals surface area contributed by atoms with Crippen LogP contribution in [0.2, 0.25) is 0 Å². The summed E-state index contributed by atoms with van der Waals surface area (Å²) >= 11 is 0. The summed E-state index contributed by atoms with van der Waals surface area (Å²) in [4.78, 5) is 0. The van der Waals surface area contributed by atoms with Crippen molar-refractivity contribution in [3.8, 4) is 0 Å². The number of unbranched alkanes of at least 4 members (excludes halogenated alkanes) is 40. The average Bonchev–Trinajstić information content (AvgIpc) is 1.54. The van der Waals surface area contributed by atoms with Gasteiger partial charge in [-0.05, 0) is 101 Å². The van der Waals surface area contributed by atoms with Gasteiger partial charge in [-0.1, -0.05) is 338 Å². The highest BCUT2D eigenvalue weighted by Gasteiger charge is 2.66. The van der Waals surface area contributed by atoms with Crippen LogP contribution in [0.1, 0.15) is 415 Å². The Morgan fingerprint density at radius 3 is 0.464 bits per heavy atom. The molecule has 9 aliphatic rings. The predicted octanol–water partition coefficient (Wildman–Crippen LogP) is 21.5. The smallest absolute Gasteiger partial charge is 0.113 e. The minimum atomic E-state index is -0.317. The van der Waals surface area contributed by atoms with E-state index in [-0.39, 0.29) is 122 Å². The molecular formula is C96H184N8O8. The Hall–Kier alpha value is -0.640. The Kier molecular flexibility index (Phi) is 49.0. The minimum absolute atomic E-state index is 0.0124. The molecule has 16 nitrogen and oxygen atoms in total. The molecule has 8 N–H and O–H groups in total. The molecule has 16 heteroatoms. The Morgan fingerprint density at radius 1 is 0.161 bits per heavy atom. The fourth-order valence-electron chi connectivity index (χ4n) is 22.4. The molecule has 656 valence electrons. The summed E-state index contributed by atoms with van der Waals surface area (Å²) in [6.07, 6.45) is 66.3. The van der Waals surface area contributed by atoms with Crippen molar-refractivity contribution in [2.24, 2.45) is 47.3 Å². The fourth-order valence-corrected chi connectivity index (χ4v) is 22.4. The Balaban J connectivity index is 1.20. The number of rotatable bonds is 64. The molecule has 0 aromatic rings. The fraction of sp³-hybridized carbons (Fsp3) is 1.00. The Morgan fingerprint density at radius 2 is 0.295 bits per heavy atom. The zero-order chi connectivity index (χ0) is 78.4. The van der Waals surface area contributed by atoms with E-state index in [2.05, 4.69) is 92.6 Å². The second-order valence-electron chi connectivity index (χ2n) is 37.5. The lowest BCUT2D eigenvalue weighted by atomic mass is 9.70. The third kappa shape index (κ3) is 30.4. The van der Waals surface area contributed by atoms with Crippen molar-refractivity contribution >= 4 is 0 Å². The van der Waals surface area contributed by atoms with Gasteiger partial charge in [-0.2, -0.15) is 0 Å². The van der Waals surface area contributed by atoms with Gasteiger partial charge in [0, 0.05) is 76.5 Å². The van der Waals surface area contributed by atoms with Crippen molar-refractivity contribution in [3.63, 3.8) is 0 Å². The van der Waals surface area contributed by atoms with Gasteiger partial charge in [0.25, 0.3) is 0 Å². The zero-order valence-electron chi connectivity index (χ0n) is 74.4. The van der Waals surface area contributed by atoms with E-state index in [0.717, 1.165) is 51.4 Å². The van der Waals surface area contributed by atoms with Gasteiger partial charge in [0.2, 0.25) is 0 Å². The molecule has 0 spiro atoms. The van der Waals surface area contributed by atoms with Gasteiger partial charge in [-0.3, -0.25) is 42.5 Å². The molecule has 4 saturated carbocycles. The Bertz CT molecular complexity index is 2140. The van der Waals surface area contributed by atoms with Gasteiger partial charge in [-0.15, -0.1) is 0 Å². The van der Waals surface area contributed by atoms with E-state index in [1.807, 2.05) is 0 Å². The molecule has 0 radical (unpaired) electrons. The van der Waals surface area contributed by atoms with Crippen molar-refractivity contribution in [2.45, 2.75) is 513 Å². The maximum atomic E-state index is 7.95. The first-order chi connectivity index (χ1) is 55.4. The molecule has 9 rings (SSSR count). The van der Waals surface area contributed by atoms with Gasteiger partial charge in [0.05, 0.1) is 73.7 Å². The molecule has 8 bridgehead atoms. The molecule has 4 aliphatic carbocycles. The summed E-state index contributed by atoms with van der Waals surface area (Å²) in [5.41, 5.74) is 0. The number of hydrogen-bond donors (Lipinski definition) is 8. The lowest BCUT2D eigenvalue weighted by molar-refractivity contribution is -0.242. The minimum Gasteiger partial charge on any atom is -0.375 e. The lowest BCUT2D eigenvalue weighted by Crippen LogP contribution is -2.67. The molecule has 5 aliphatic heterocycles. The second kappa shape index (κ2) is 57.6. The molecule has 112 heavy (non-hydrogen) atoms. The standard InChI is InChI=1S/C96H184N8O8/c1-9-17-25-33-41-53-65-105-81-77-79(83(107-67-55-43-35-27-19-11-3)87(111-71-59-47-39-31-23-15-7)85(81)109-69-57-45-37-29-21-13-5)95-102-93(77)100-91-75-63-51-49-61-73(75)89(98-91)97-90-74-62-50-52-64-76(74)92(99-90)101-94-78-80(96(103-94)104-95)84(108-68-56-44-36-28-20-12-4)88(112-72-60-48-40-32-24-16-8)86(110-70-58-46-38-30-22-14-6)82(78)106-66-54-42-34-26-18-10-2/h73-104H,9-72H2,1-8H3. The van der Waals surface area contributed by atoms with Crippen LogP contribution >= 0.6 is 0 Å². The van der Waals surface area contributed by atoms with Crippen LogP contribution in [0.3, 0.4) is 0 Å². The highest BCUT2D eigenvalue weighted by Crippen LogP contribution is 2.50. The van der Waals surface area contributed by atoms with Crippen molar-refractivity contribution in [1.29, 1.82) is 0 Å². The molecule has 24 atom stereocenters. The lowest BCUT2D eigenvalue weighted by Gasteiger charge is -2.51. The number of fused-ring (bicyclic) bond motifs is 20. The molecule has 0 aromatic heterocycles. The molecule has 0 aromatic carbocycles. The summed E-state index contributed by atoms with van der Waals surface area (Å²) in [5, 5.41) is 36.7. The maximum absolute atomic E-state index is 7.95. The normalized spacial score (nSPS) is 33.6. The van der Waals surface area contributed by atoms with E-state index < -0.39 is 0 Å². The third-order valence-electron chi connectivity index (χ3n) is 28.7. The highest BCUT2D eigenvalue weighted by atomic mass is 16.6. The van der Waals surface area contributed by atoms with E-state index in [9.17, 15) is 0 Å². The van der Waals surface area contributed by atoms with E-state index >= 15 is 0 Å². The van der Waals surface area contributed by atoms with Crippen molar-refractivity contribution in [1.82, 2.24) is 42.5 Å². The zero-order valence-corrected chi connectivity index (χ0v) is 74.4. The van der Waals surface area contributed by atoms with Crippen LogP contribution in [0.4, 0.5) is 0 Å². The summed E-state index contributed by atoms with van der Waals surface area (Å²) in [6.45, 7) is 24.3. The summed E-state index contributed by atoms with van der Waals surface area (Å²) in [7, 11) is 0. The van der Waals surface area contributed by atoms with Crippen LogP contribution in [0, 0.1) is 47.3 Å². The van der Waals surface area contributed by atoms with Crippen LogP contribution in [0.5, 0.6) is 0 Å². The molecule has 5 saturated heterocycles. The molecule has 0 amide bonds. The van der Waals surface area contributed by atoms with Crippen LogP contribution in [-0.2, 0) is 37.9 Å². The Labute approximate surface area is 690 Å². The van der Waals surface area contributed by atoms with Gasteiger partial charge >= 0.3 is 0 Å². The predicted molar refractivity (Wildman–Crippen MR) is 465 cm³/mol. The van der Waals surface area contributed by atoms with E-state index in [0.29, 0.717) is 76.5 Å². The van der Waals surface area contributed by atoms with E-state index in [1.54, 1.807) is 0 Å². The first-order valence-electron chi connectivity index (χ1n) is 50.4. The SMILES string of the molecule is CCCCCCCCOC1C(OCCCCCCCC)C(OCCCCCCCC)C2C3NC(NC4NC(NC5NC(NC6NC(N3)C3C(OCCCCCCCC)C(OCCCCCCCC)C(OCCCCCCCC)C(OCCCCCCCC)C63)C3CCCCC53)C3CCCCC43)C2C1OCCCCCCCC. The monoisotopic (exact) mass is 1580 g/mol. The molecule has 24 unspecified atom stereocenters. The average molecular weight is 1580 g/mol. The van der Waals surface area contributed by atoms with E-state index in [4.69, 9.17) is 43.2 Å². The van der Waals surface area contributed by atoms with Crippen LogP contribution in [-0.4, -0.2) is 151 Å². The number of ether oxygens (including phenoxy) is 8. The number of hydrogen-bond acceptors (Lipinski definition) is 16. The first kappa shape index (κ1) is 95.2. The molecular weight excluding hydrogens is 1390 g/mol. The van der Waals surface area contributed by atoms with Crippen LogP contribution in [0.25, 0.3) is 0 Å². The third-order valence-corrected chi connectivity index (χ3v) is 28.7. The van der Waals surface area contributed by atoms with Gasteiger partial charge in [0.15, 0.2) is 0 Å². The summed E-state index contributed by atoms with van der Waals surface area (Å²) in [5.74, 6) is 1.93. The largest absolute Gasteiger partial charge is 0.375 e. The topological polar surface area (TPSA) is 170 Å². The maximum Gasteiger partial charge on any atom is 0.113 e. The first-order valence-corrected chi connectivity index (χ1v) is 50.4. The van der Waals surface area contributed by atoms with Gasteiger partial charge < -0.3 is 37.9 Å². The van der Waals surface area contributed by atoms with Crippen molar-refractivity contribution < 1.29 is 37.9 Å². The number of nitrogens with one attached hydrogen (secondary N) is 8. The quantitative estimate of drug-likeness (QED) is 0.0270. The summed E-state index contributed by atoms with van der Waals surface area (Å²) in [6, 6.07) is 0. The highest BCUT2D eigenvalue weighted by molar-refractivity contribution is 5.17. The van der Waals surface area contributed by atoms with Gasteiger partial charge in [0.1, 0.15) is 24.4 Å². The summed E-state index contributed by atoms with van der Waals surface area (Å²) < 4.78 is 62.7. The van der Waals surface area contributed by atoms with Crippen molar-refractivity contribution in [3.05, 3.63) is 0 Å². The van der Waals surface area contributed by atoms with Crippen LogP contribution < -0.4 is 42.5 Å². The van der Waals surface area contributed by atoms with Crippen LogP contribution in [0.15, 0.2) is 0 Å². The second-order valence-corrected chi connectivity index (χ2v) is 37.5. The molecule has 5 heterocycles. The van der Waals surface area contributed by atoms with Crippen molar-refractivity contribution in [2.75, 3.05) is 52.9 Å². The molecule has 9 fully saturated rings. The van der Waals surface area contributed by atoms with Gasteiger partial charge in [-0.25, -0.2) is 0 Å².